The summed E-state index contributed by atoms with van der Waals surface area (Å²) in [6.07, 6.45) is 2.38. The van der Waals surface area contributed by atoms with E-state index in [1.54, 1.807) is 10.8 Å². The first-order chi connectivity index (χ1) is 7.69. The fourth-order valence-corrected chi connectivity index (χ4v) is 2.08. The largest absolute Gasteiger partial charge is 0.452 e. The highest BCUT2D eigenvalue weighted by Crippen LogP contribution is 2.23. The van der Waals surface area contributed by atoms with Gasteiger partial charge < -0.3 is 4.74 Å². The quantitative estimate of drug-likeness (QED) is 0.734. The van der Waals surface area contributed by atoms with E-state index >= 15 is 0 Å². The molecule has 0 amide bonds. The number of methoxy groups -OCH3 is 1. The molecule has 3 heteroatoms. The van der Waals surface area contributed by atoms with E-state index in [1.165, 1.54) is 12.7 Å². The van der Waals surface area contributed by atoms with E-state index in [4.69, 9.17) is 4.74 Å². The molecule has 0 saturated carbocycles. The maximum Gasteiger partial charge on any atom is 0.418 e. The Kier molecular flexibility index (Phi) is 2.69. The van der Waals surface area contributed by atoms with Gasteiger partial charge in [-0.15, -0.1) is 0 Å². The van der Waals surface area contributed by atoms with E-state index in [0.717, 1.165) is 22.9 Å². The van der Waals surface area contributed by atoms with Gasteiger partial charge in [0.1, 0.15) is 0 Å². The molecule has 1 aromatic carbocycles. The van der Waals surface area contributed by atoms with E-state index in [-0.39, 0.29) is 6.09 Å². The minimum absolute atomic E-state index is 0.341. The number of rotatable bonds is 1. The van der Waals surface area contributed by atoms with Crippen LogP contribution in [-0.2, 0) is 11.2 Å². The minimum atomic E-state index is -0.341. The summed E-state index contributed by atoms with van der Waals surface area (Å²) in [4.78, 5) is 11.6. The first-order valence-electron chi connectivity index (χ1n) is 5.37. The SMILES string of the molecule is CCc1ccc2ccn(C(=O)OC)c2c1C. The first kappa shape index (κ1) is 10.7. The Morgan fingerprint density at radius 3 is 2.75 bits per heavy atom. The van der Waals surface area contributed by atoms with Gasteiger partial charge >= 0.3 is 6.09 Å². The van der Waals surface area contributed by atoms with Crippen LogP contribution < -0.4 is 0 Å². The molecule has 1 heterocycles. The Hall–Kier alpha value is -1.77. The van der Waals surface area contributed by atoms with Crippen LogP contribution in [0.1, 0.15) is 18.1 Å². The van der Waals surface area contributed by atoms with Crippen molar-refractivity contribution in [3.63, 3.8) is 0 Å². The molecule has 0 saturated heterocycles. The van der Waals surface area contributed by atoms with Crippen LogP contribution in [0, 0.1) is 6.92 Å². The van der Waals surface area contributed by atoms with Gasteiger partial charge in [-0.25, -0.2) is 4.79 Å². The Morgan fingerprint density at radius 1 is 1.38 bits per heavy atom. The number of nitrogens with zero attached hydrogens (tertiary/aromatic N) is 1. The molecule has 0 spiro atoms. The molecule has 0 fully saturated rings. The Labute approximate surface area is 94.6 Å². The van der Waals surface area contributed by atoms with E-state index < -0.39 is 0 Å². The number of benzene rings is 1. The fraction of sp³-hybridized carbons (Fsp3) is 0.308. The Bertz CT molecular complexity index is 540. The van der Waals surface area contributed by atoms with Gasteiger partial charge in [-0.05, 0) is 30.5 Å². The number of hydrogen-bond acceptors (Lipinski definition) is 2. The van der Waals surface area contributed by atoms with Crippen molar-refractivity contribution in [1.82, 2.24) is 4.57 Å². The van der Waals surface area contributed by atoms with Crippen LogP contribution in [0.2, 0.25) is 0 Å². The Morgan fingerprint density at radius 2 is 2.12 bits per heavy atom. The van der Waals surface area contributed by atoms with Crippen LogP contribution in [0.3, 0.4) is 0 Å². The minimum Gasteiger partial charge on any atom is -0.452 e. The van der Waals surface area contributed by atoms with Gasteiger partial charge in [0.05, 0.1) is 12.6 Å². The van der Waals surface area contributed by atoms with Crippen LogP contribution in [0.15, 0.2) is 24.4 Å². The smallest absolute Gasteiger partial charge is 0.418 e. The molecule has 0 N–H and O–H groups in total. The van der Waals surface area contributed by atoms with Crippen LogP contribution in [0.4, 0.5) is 4.79 Å². The highest BCUT2D eigenvalue weighted by atomic mass is 16.5. The zero-order valence-electron chi connectivity index (χ0n) is 9.78. The van der Waals surface area contributed by atoms with Gasteiger partial charge in [0, 0.05) is 11.6 Å². The molecule has 0 unspecified atom stereocenters. The first-order valence-corrected chi connectivity index (χ1v) is 5.37. The Balaban J connectivity index is 2.73. The maximum absolute atomic E-state index is 11.6. The monoisotopic (exact) mass is 217 g/mol. The number of aromatic nitrogens is 1. The maximum atomic E-state index is 11.6. The number of fused-ring (bicyclic) bond motifs is 1. The molecule has 0 aliphatic heterocycles. The molecule has 2 rings (SSSR count). The van der Waals surface area contributed by atoms with E-state index in [9.17, 15) is 4.79 Å². The van der Waals surface area contributed by atoms with Crippen LogP contribution in [0.25, 0.3) is 10.9 Å². The van der Waals surface area contributed by atoms with Crippen molar-refractivity contribution in [2.75, 3.05) is 7.11 Å². The standard InChI is InChI=1S/C13H15NO2/c1-4-10-5-6-11-7-8-14(13(15)16-3)12(11)9(10)2/h5-8H,4H2,1-3H3. The van der Waals surface area contributed by atoms with Gasteiger partial charge in [-0.1, -0.05) is 19.1 Å². The van der Waals surface area contributed by atoms with Gasteiger partial charge in [0.25, 0.3) is 0 Å². The van der Waals surface area contributed by atoms with Crippen molar-refractivity contribution >= 4 is 17.0 Å². The fourth-order valence-electron chi connectivity index (χ4n) is 2.08. The van der Waals surface area contributed by atoms with Crippen molar-refractivity contribution in [3.05, 3.63) is 35.5 Å². The summed E-state index contributed by atoms with van der Waals surface area (Å²) in [6.45, 7) is 4.15. The number of carbonyl (C=O) groups is 1. The topological polar surface area (TPSA) is 31.2 Å². The lowest BCUT2D eigenvalue weighted by Gasteiger charge is -2.08. The number of hydrogen-bond donors (Lipinski definition) is 0. The van der Waals surface area contributed by atoms with E-state index in [0.29, 0.717) is 0 Å². The van der Waals surface area contributed by atoms with Crippen molar-refractivity contribution in [3.8, 4) is 0 Å². The van der Waals surface area contributed by atoms with Crippen molar-refractivity contribution in [2.24, 2.45) is 0 Å². The molecular weight excluding hydrogens is 202 g/mol. The molecule has 3 nitrogen and oxygen atoms in total. The molecule has 0 bridgehead atoms. The average Bonchev–Trinajstić information content (AvgIpc) is 2.73. The molecule has 0 radical (unpaired) electrons. The van der Waals surface area contributed by atoms with E-state index in [1.807, 2.05) is 19.1 Å². The second-order valence-corrected chi connectivity index (χ2v) is 3.80. The molecule has 2 aromatic rings. The van der Waals surface area contributed by atoms with Crippen molar-refractivity contribution in [2.45, 2.75) is 20.3 Å². The summed E-state index contributed by atoms with van der Waals surface area (Å²) in [5.74, 6) is 0. The second kappa shape index (κ2) is 4.00. The van der Waals surface area contributed by atoms with Gasteiger partial charge in [-0.2, -0.15) is 0 Å². The molecule has 84 valence electrons. The van der Waals surface area contributed by atoms with Gasteiger partial charge in [-0.3, -0.25) is 4.57 Å². The number of ether oxygens (including phenoxy) is 1. The summed E-state index contributed by atoms with van der Waals surface area (Å²) in [5, 5.41) is 1.07. The molecular formula is C13H15NO2. The molecule has 0 aliphatic carbocycles. The van der Waals surface area contributed by atoms with Crippen LogP contribution >= 0.6 is 0 Å². The normalized spacial score (nSPS) is 10.7. The number of carbonyl (C=O) groups excluding carboxylic acids is 1. The average molecular weight is 217 g/mol. The predicted octanol–water partition coefficient (Wildman–Crippen LogP) is 3.13. The van der Waals surface area contributed by atoms with Crippen molar-refractivity contribution < 1.29 is 9.53 Å². The summed E-state index contributed by atoms with van der Waals surface area (Å²) in [7, 11) is 1.40. The van der Waals surface area contributed by atoms with Crippen molar-refractivity contribution in [1.29, 1.82) is 0 Å². The third kappa shape index (κ3) is 1.48. The zero-order valence-corrected chi connectivity index (χ0v) is 9.78. The summed E-state index contributed by atoms with van der Waals surface area (Å²) in [5.41, 5.74) is 3.36. The van der Waals surface area contributed by atoms with Crippen LogP contribution in [-0.4, -0.2) is 17.8 Å². The van der Waals surface area contributed by atoms with Gasteiger partial charge in [0.15, 0.2) is 0 Å². The molecule has 16 heavy (non-hydrogen) atoms. The summed E-state index contributed by atoms with van der Waals surface area (Å²) in [6, 6.07) is 6.08. The summed E-state index contributed by atoms with van der Waals surface area (Å²) >= 11 is 0. The lowest BCUT2D eigenvalue weighted by atomic mass is 10.0. The molecule has 0 aliphatic rings. The number of aryl methyl sites for hydroxylation is 2. The highest BCUT2D eigenvalue weighted by molar-refractivity contribution is 5.92. The molecule has 0 atom stereocenters. The second-order valence-electron chi connectivity index (χ2n) is 3.80. The molecule has 1 aromatic heterocycles. The third-order valence-electron chi connectivity index (χ3n) is 2.97. The van der Waals surface area contributed by atoms with Gasteiger partial charge in [0.2, 0.25) is 0 Å². The predicted molar refractivity (Wildman–Crippen MR) is 63.9 cm³/mol. The lowest BCUT2D eigenvalue weighted by Crippen LogP contribution is -2.10. The summed E-state index contributed by atoms with van der Waals surface area (Å²) < 4.78 is 6.31. The van der Waals surface area contributed by atoms with Crippen LogP contribution in [0.5, 0.6) is 0 Å². The third-order valence-corrected chi connectivity index (χ3v) is 2.97. The van der Waals surface area contributed by atoms with E-state index in [2.05, 4.69) is 13.0 Å². The highest BCUT2D eigenvalue weighted by Gasteiger charge is 2.12. The lowest BCUT2D eigenvalue weighted by molar-refractivity contribution is 0.174. The zero-order chi connectivity index (χ0) is 11.7.